The lowest BCUT2D eigenvalue weighted by atomic mass is 10.1. The Morgan fingerprint density at radius 2 is 2.46 bits per heavy atom. The first-order chi connectivity index (χ1) is 6.24. The topological polar surface area (TPSA) is 46.3 Å². The maximum atomic E-state index is 11.5. The Hall–Kier alpha value is -0.830. The molecule has 0 fully saturated rings. The molecule has 0 spiro atoms. The Bertz CT molecular complexity index is 211. The normalized spacial score (nSPS) is 17.1. The van der Waals surface area contributed by atoms with Gasteiger partial charge in [-0.25, -0.2) is 0 Å². The van der Waals surface area contributed by atoms with Crippen LogP contribution in [0.25, 0.3) is 0 Å². The van der Waals surface area contributed by atoms with Crippen molar-refractivity contribution in [2.45, 2.75) is 26.2 Å². The Balaban J connectivity index is 2.35. The van der Waals surface area contributed by atoms with Gasteiger partial charge >= 0.3 is 0 Å². The standard InChI is InChI=1S/C10H18N2O/c1-9-4-3-7-12(8-9)10(13)5-2-6-11/h4H,2-3,5-8,11H2,1H3. The number of amides is 1. The molecular weight excluding hydrogens is 164 g/mol. The molecule has 74 valence electrons. The molecule has 1 rings (SSSR count). The molecular formula is C10H18N2O. The van der Waals surface area contributed by atoms with Gasteiger partial charge < -0.3 is 10.6 Å². The molecule has 1 aliphatic rings. The number of rotatable bonds is 3. The van der Waals surface area contributed by atoms with Crippen molar-refractivity contribution in [3.05, 3.63) is 11.6 Å². The monoisotopic (exact) mass is 182 g/mol. The third-order valence-electron chi connectivity index (χ3n) is 2.28. The number of nitrogens with zero attached hydrogens (tertiary/aromatic N) is 1. The van der Waals surface area contributed by atoms with E-state index in [0.29, 0.717) is 13.0 Å². The number of nitrogens with two attached hydrogens (primary N) is 1. The van der Waals surface area contributed by atoms with Crippen molar-refractivity contribution < 1.29 is 4.79 Å². The fraction of sp³-hybridized carbons (Fsp3) is 0.700. The minimum absolute atomic E-state index is 0.248. The lowest BCUT2D eigenvalue weighted by Gasteiger charge is -2.26. The maximum Gasteiger partial charge on any atom is 0.222 e. The van der Waals surface area contributed by atoms with E-state index in [1.807, 2.05) is 4.90 Å². The number of hydrogen-bond donors (Lipinski definition) is 1. The summed E-state index contributed by atoms with van der Waals surface area (Å²) >= 11 is 0. The second-order valence-corrected chi connectivity index (χ2v) is 3.55. The van der Waals surface area contributed by atoms with Crippen molar-refractivity contribution in [1.29, 1.82) is 0 Å². The van der Waals surface area contributed by atoms with E-state index in [4.69, 9.17) is 5.73 Å². The zero-order valence-corrected chi connectivity index (χ0v) is 8.25. The first-order valence-corrected chi connectivity index (χ1v) is 4.87. The van der Waals surface area contributed by atoms with Crippen LogP contribution in [-0.2, 0) is 4.79 Å². The molecule has 0 aromatic rings. The van der Waals surface area contributed by atoms with Crippen molar-refractivity contribution in [3.63, 3.8) is 0 Å². The van der Waals surface area contributed by atoms with Crippen LogP contribution in [0.3, 0.4) is 0 Å². The van der Waals surface area contributed by atoms with Crippen LogP contribution >= 0.6 is 0 Å². The highest BCUT2D eigenvalue weighted by molar-refractivity contribution is 5.76. The average Bonchev–Trinajstić information content (AvgIpc) is 2.14. The van der Waals surface area contributed by atoms with Crippen molar-refractivity contribution in [2.24, 2.45) is 5.73 Å². The molecule has 2 N–H and O–H groups in total. The third kappa shape index (κ3) is 3.19. The van der Waals surface area contributed by atoms with Gasteiger partial charge in [-0.1, -0.05) is 11.6 Å². The van der Waals surface area contributed by atoms with E-state index in [1.54, 1.807) is 0 Å². The highest BCUT2D eigenvalue weighted by atomic mass is 16.2. The first kappa shape index (κ1) is 10.3. The fourth-order valence-electron chi connectivity index (χ4n) is 1.54. The van der Waals surface area contributed by atoms with Crippen LogP contribution in [0.2, 0.25) is 0 Å². The van der Waals surface area contributed by atoms with Crippen LogP contribution in [0, 0.1) is 0 Å². The summed E-state index contributed by atoms with van der Waals surface area (Å²) in [6.45, 7) is 4.36. The number of hydrogen-bond acceptors (Lipinski definition) is 2. The lowest BCUT2D eigenvalue weighted by Crippen LogP contribution is -2.35. The molecule has 0 radical (unpaired) electrons. The van der Waals surface area contributed by atoms with E-state index in [2.05, 4.69) is 13.0 Å². The highest BCUT2D eigenvalue weighted by Gasteiger charge is 2.15. The van der Waals surface area contributed by atoms with E-state index < -0.39 is 0 Å². The predicted octanol–water partition coefficient (Wildman–Crippen LogP) is 0.904. The zero-order valence-electron chi connectivity index (χ0n) is 8.25. The average molecular weight is 182 g/mol. The third-order valence-corrected chi connectivity index (χ3v) is 2.28. The second-order valence-electron chi connectivity index (χ2n) is 3.55. The van der Waals surface area contributed by atoms with E-state index in [0.717, 1.165) is 25.9 Å². The van der Waals surface area contributed by atoms with Crippen LogP contribution in [-0.4, -0.2) is 30.4 Å². The molecule has 0 atom stereocenters. The molecule has 3 nitrogen and oxygen atoms in total. The maximum absolute atomic E-state index is 11.5. The van der Waals surface area contributed by atoms with Gasteiger partial charge in [0.25, 0.3) is 0 Å². The number of carbonyl (C=O) groups excluding carboxylic acids is 1. The molecule has 13 heavy (non-hydrogen) atoms. The summed E-state index contributed by atoms with van der Waals surface area (Å²) in [6, 6.07) is 0. The van der Waals surface area contributed by atoms with Gasteiger partial charge in [0, 0.05) is 19.5 Å². The summed E-state index contributed by atoms with van der Waals surface area (Å²) in [6.07, 6.45) is 4.61. The molecule has 0 saturated heterocycles. The molecule has 0 unspecified atom stereocenters. The zero-order chi connectivity index (χ0) is 9.68. The summed E-state index contributed by atoms with van der Waals surface area (Å²) in [4.78, 5) is 13.5. The van der Waals surface area contributed by atoms with Gasteiger partial charge in [-0.2, -0.15) is 0 Å². The van der Waals surface area contributed by atoms with Crippen LogP contribution in [0.4, 0.5) is 0 Å². The quantitative estimate of drug-likeness (QED) is 0.659. The first-order valence-electron chi connectivity index (χ1n) is 4.87. The van der Waals surface area contributed by atoms with Crippen molar-refractivity contribution >= 4 is 5.91 Å². The number of carbonyl (C=O) groups is 1. The molecule has 0 saturated carbocycles. The SMILES string of the molecule is CC1=CCCN(C(=O)CCCN)C1. The van der Waals surface area contributed by atoms with Crippen molar-refractivity contribution in [1.82, 2.24) is 4.90 Å². The summed E-state index contributed by atoms with van der Waals surface area (Å²) in [7, 11) is 0. The van der Waals surface area contributed by atoms with E-state index in [9.17, 15) is 4.79 Å². The van der Waals surface area contributed by atoms with Gasteiger partial charge in [0.05, 0.1) is 0 Å². The molecule has 0 aliphatic carbocycles. The van der Waals surface area contributed by atoms with Crippen molar-refractivity contribution in [2.75, 3.05) is 19.6 Å². The summed E-state index contributed by atoms with van der Waals surface area (Å²) in [5.41, 5.74) is 6.65. The Labute approximate surface area is 79.6 Å². The molecule has 1 aliphatic heterocycles. The molecule has 0 aromatic heterocycles. The molecule has 1 amide bonds. The summed E-state index contributed by atoms with van der Waals surface area (Å²) in [5.74, 6) is 0.248. The largest absolute Gasteiger partial charge is 0.338 e. The highest BCUT2D eigenvalue weighted by Crippen LogP contribution is 2.10. The predicted molar refractivity (Wildman–Crippen MR) is 53.2 cm³/mol. The Kier molecular flexibility index (Phi) is 3.96. The molecule has 0 bridgehead atoms. The second kappa shape index (κ2) is 5.02. The smallest absolute Gasteiger partial charge is 0.222 e. The van der Waals surface area contributed by atoms with Gasteiger partial charge in [0.1, 0.15) is 0 Å². The Morgan fingerprint density at radius 1 is 1.69 bits per heavy atom. The van der Waals surface area contributed by atoms with Gasteiger partial charge in [-0.3, -0.25) is 4.79 Å². The van der Waals surface area contributed by atoms with Crippen LogP contribution in [0.1, 0.15) is 26.2 Å². The molecule has 3 heteroatoms. The Morgan fingerprint density at radius 3 is 3.08 bits per heavy atom. The van der Waals surface area contributed by atoms with Gasteiger partial charge in [-0.05, 0) is 26.3 Å². The van der Waals surface area contributed by atoms with Gasteiger partial charge in [0.2, 0.25) is 5.91 Å². The van der Waals surface area contributed by atoms with Crippen molar-refractivity contribution in [3.8, 4) is 0 Å². The van der Waals surface area contributed by atoms with Crippen LogP contribution in [0.15, 0.2) is 11.6 Å². The molecule has 0 aromatic carbocycles. The van der Waals surface area contributed by atoms with Gasteiger partial charge in [-0.15, -0.1) is 0 Å². The lowest BCUT2D eigenvalue weighted by molar-refractivity contribution is -0.131. The molecule has 1 heterocycles. The van der Waals surface area contributed by atoms with E-state index in [-0.39, 0.29) is 5.91 Å². The van der Waals surface area contributed by atoms with Crippen LogP contribution < -0.4 is 5.73 Å². The van der Waals surface area contributed by atoms with E-state index >= 15 is 0 Å². The minimum atomic E-state index is 0.248. The van der Waals surface area contributed by atoms with Gasteiger partial charge in [0.15, 0.2) is 0 Å². The van der Waals surface area contributed by atoms with Crippen LogP contribution in [0.5, 0.6) is 0 Å². The fourth-order valence-corrected chi connectivity index (χ4v) is 1.54. The summed E-state index contributed by atoms with van der Waals surface area (Å²) < 4.78 is 0. The van der Waals surface area contributed by atoms with E-state index in [1.165, 1.54) is 5.57 Å². The minimum Gasteiger partial charge on any atom is -0.338 e. The summed E-state index contributed by atoms with van der Waals surface area (Å²) in [5, 5.41) is 0.